The fraction of sp³-hybridized carbons (Fsp3) is 0.0769. The van der Waals surface area contributed by atoms with Crippen LogP contribution in [-0.4, -0.2) is 0 Å². The maximum Gasteiger partial charge on any atom is -0.00943 e. The molecule has 2 rings (SSSR count). The first-order valence-corrected chi connectivity index (χ1v) is 9.02. The maximum absolute atomic E-state index is 2.17. The molecule has 2 aromatic rings. The molecule has 130 valence electrons. The van der Waals surface area contributed by atoms with Crippen molar-refractivity contribution in [3.8, 4) is 0 Å². The monoisotopic (exact) mass is 338 g/mol. The van der Waals surface area contributed by atoms with E-state index in [4.69, 9.17) is 0 Å². The fourth-order valence-electron chi connectivity index (χ4n) is 2.29. The Balaban J connectivity index is 1.58. The van der Waals surface area contributed by atoms with E-state index in [9.17, 15) is 0 Å². The Labute approximate surface area is 157 Å². The smallest absolute Gasteiger partial charge is 0.00943 e. The number of hydrogen-bond donors (Lipinski definition) is 0. The predicted octanol–water partition coefficient (Wildman–Crippen LogP) is 7.11. The van der Waals surface area contributed by atoms with Crippen molar-refractivity contribution in [1.82, 2.24) is 0 Å². The summed E-state index contributed by atoms with van der Waals surface area (Å²) >= 11 is 0. The summed E-state index contributed by atoms with van der Waals surface area (Å²) in [5.74, 6) is 0. The van der Waals surface area contributed by atoms with E-state index in [1.165, 1.54) is 11.1 Å². The third-order valence-electron chi connectivity index (χ3n) is 3.63. The Bertz CT molecular complexity index is 769. The summed E-state index contributed by atoms with van der Waals surface area (Å²) in [6.45, 7) is 0. The van der Waals surface area contributed by atoms with Crippen LogP contribution in [0.1, 0.15) is 17.5 Å². The maximum atomic E-state index is 2.17. The summed E-state index contributed by atoms with van der Waals surface area (Å²) in [5.41, 5.74) is 2.57. The minimum Gasteiger partial charge on any atom is -0.0807 e. The van der Waals surface area contributed by atoms with Crippen molar-refractivity contribution in [2.75, 3.05) is 0 Å². The lowest BCUT2D eigenvalue weighted by molar-refractivity contribution is 1.27. The van der Waals surface area contributed by atoms with E-state index in [0.717, 1.165) is 12.8 Å². The van der Waals surface area contributed by atoms with Crippen molar-refractivity contribution in [2.24, 2.45) is 0 Å². The van der Waals surface area contributed by atoms with Crippen LogP contribution in [0.4, 0.5) is 0 Å². The number of benzene rings is 2. The summed E-state index contributed by atoms with van der Waals surface area (Å²) in [6, 6.07) is 20.8. The number of hydrogen-bond acceptors (Lipinski definition) is 0. The SMILES string of the molecule is C(=C\C=C\C=C\Cc1ccccc1)/C=C/C=C/C/C=C/c1ccccc1. The molecule has 0 unspecified atom stereocenters. The van der Waals surface area contributed by atoms with Crippen LogP contribution in [-0.2, 0) is 6.42 Å². The van der Waals surface area contributed by atoms with Gasteiger partial charge in [0.05, 0.1) is 0 Å². The van der Waals surface area contributed by atoms with Crippen molar-refractivity contribution in [3.05, 3.63) is 139 Å². The van der Waals surface area contributed by atoms with E-state index in [0.29, 0.717) is 0 Å². The van der Waals surface area contributed by atoms with Gasteiger partial charge in [0.2, 0.25) is 0 Å². The van der Waals surface area contributed by atoms with Gasteiger partial charge in [-0.1, -0.05) is 134 Å². The Kier molecular flexibility index (Phi) is 9.75. The minimum atomic E-state index is 0.940. The zero-order valence-electron chi connectivity index (χ0n) is 15.1. The molecule has 0 aromatic heterocycles. The van der Waals surface area contributed by atoms with E-state index in [-0.39, 0.29) is 0 Å². The quantitative estimate of drug-likeness (QED) is 0.427. The second-order valence-corrected chi connectivity index (χ2v) is 5.75. The Morgan fingerprint density at radius 3 is 1.69 bits per heavy atom. The highest BCUT2D eigenvalue weighted by molar-refractivity contribution is 5.48. The Morgan fingerprint density at radius 2 is 1.04 bits per heavy atom. The third kappa shape index (κ3) is 9.24. The molecule has 0 spiro atoms. The molecule has 2 aromatic carbocycles. The van der Waals surface area contributed by atoms with E-state index in [1.807, 2.05) is 42.5 Å². The van der Waals surface area contributed by atoms with Gasteiger partial charge in [-0.25, -0.2) is 0 Å². The van der Waals surface area contributed by atoms with Gasteiger partial charge in [0.1, 0.15) is 0 Å². The van der Waals surface area contributed by atoms with Gasteiger partial charge in [0.15, 0.2) is 0 Å². The van der Waals surface area contributed by atoms with Crippen LogP contribution >= 0.6 is 0 Å². The number of allylic oxidation sites excluding steroid dienone is 11. The van der Waals surface area contributed by atoms with Gasteiger partial charge in [-0.05, 0) is 24.0 Å². The number of rotatable bonds is 9. The van der Waals surface area contributed by atoms with Gasteiger partial charge in [-0.15, -0.1) is 0 Å². The van der Waals surface area contributed by atoms with Gasteiger partial charge in [-0.2, -0.15) is 0 Å². The van der Waals surface area contributed by atoms with Crippen LogP contribution in [0, 0.1) is 0 Å². The highest BCUT2D eigenvalue weighted by Crippen LogP contribution is 2.02. The average molecular weight is 338 g/mol. The molecule has 0 heteroatoms. The fourth-order valence-corrected chi connectivity index (χ4v) is 2.29. The van der Waals surface area contributed by atoms with E-state index < -0.39 is 0 Å². The van der Waals surface area contributed by atoms with Gasteiger partial charge in [-0.3, -0.25) is 0 Å². The summed E-state index contributed by atoms with van der Waals surface area (Å²) < 4.78 is 0. The van der Waals surface area contributed by atoms with Gasteiger partial charge < -0.3 is 0 Å². The molecule has 0 amide bonds. The third-order valence-corrected chi connectivity index (χ3v) is 3.63. The van der Waals surface area contributed by atoms with Crippen LogP contribution in [0.25, 0.3) is 6.08 Å². The van der Waals surface area contributed by atoms with Crippen molar-refractivity contribution >= 4 is 6.08 Å². The summed E-state index contributed by atoms with van der Waals surface area (Å²) in [6.07, 6.45) is 26.9. The molecule has 0 aliphatic carbocycles. The summed E-state index contributed by atoms with van der Waals surface area (Å²) in [7, 11) is 0. The predicted molar refractivity (Wildman–Crippen MR) is 116 cm³/mol. The molecule has 0 fully saturated rings. The zero-order valence-corrected chi connectivity index (χ0v) is 15.1. The summed E-state index contributed by atoms with van der Waals surface area (Å²) in [5, 5.41) is 0. The highest BCUT2D eigenvalue weighted by atomic mass is 13.9. The van der Waals surface area contributed by atoms with Crippen molar-refractivity contribution in [2.45, 2.75) is 12.8 Å². The van der Waals surface area contributed by atoms with E-state index in [1.54, 1.807) is 0 Å². The van der Waals surface area contributed by atoms with Crippen molar-refractivity contribution in [1.29, 1.82) is 0 Å². The first-order valence-electron chi connectivity index (χ1n) is 9.02. The largest absolute Gasteiger partial charge is 0.0807 e. The molecule has 0 N–H and O–H groups in total. The van der Waals surface area contributed by atoms with Crippen molar-refractivity contribution in [3.63, 3.8) is 0 Å². The van der Waals surface area contributed by atoms with Gasteiger partial charge >= 0.3 is 0 Å². The molecule has 0 bridgehead atoms. The van der Waals surface area contributed by atoms with Crippen molar-refractivity contribution < 1.29 is 0 Å². The first kappa shape index (κ1) is 19.2. The summed E-state index contributed by atoms with van der Waals surface area (Å²) in [4.78, 5) is 0. The minimum absolute atomic E-state index is 0.940. The van der Waals surface area contributed by atoms with E-state index >= 15 is 0 Å². The van der Waals surface area contributed by atoms with Gasteiger partial charge in [0.25, 0.3) is 0 Å². The second-order valence-electron chi connectivity index (χ2n) is 5.75. The lowest BCUT2D eigenvalue weighted by Crippen LogP contribution is -1.77. The second kappa shape index (κ2) is 13.2. The molecular weight excluding hydrogens is 312 g/mol. The average Bonchev–Trinajstić information content (AvgIpc) is 2.70. The standard InChI is InChI=1S/C26H26/c1(3-5-7-9-13-19-25-21-15-11-16-22-25)2-4-6-8-10-14-20-26-23-17-12-18-24-26/h1-9,11-18,20-24H,10,19H2/b3-1+,4-2+,7-5+,8-6+,13-9+,20-14+. The molecule has 0 atom stereocenters. The Hall–Kier alpha value is -3.12. The molecule has 26 heavy (non-hydrogen) atoms. The molecule has 0 nitrogen and oxygen atoms in total. The molecule has 0 saturated carbocycles. The lowest BCUT2D eigenvalue weighted by atomic mass is 10.1. The molecule has 0 heterocycles. The zero-order chi connectivity index (χ0) is 18.1. The molecule has 0 saturated heterocycles. The van der Waals surface area contributed by atoms with Crippen LogP contribution < -0.4 is 0 Å². The normalized spacial score (nSPS) is 12.8. The van der Waals surface area contributed by atoms with Crippen LogP contribution in [0.3, 0.4) is 0 Å². The molecular formula is C26H26. The van der Waals surface area contributed by atoms with Crippen LogP contribution in [0.15, 0.2) is 127 Å². The topological polar surface area (TPSA) is 0 Å². The molecule has 0 aliphatic heterocycles. The lowest BCUT2D eigenvalue weighted by Gasteiger charge is -1.92. The van der Waals surface area contributed by atoms with E-state index in [2.05, 4.69) is 91.1 Å². The molecule has 0 radical (unpaired) electrons. The van der Waals surface area contributed by atoms with Crippen LogP contribution in [0.5, 0.6) is 0 Å². The van der Waals surface area contributed by atoms with Crippen LogP contribution in [0.2, 0.25) is 0 Å². The molecule has 0 aliphatic rings. The Morgan fingerprint density at radius 1 is 0.500 bits per heavy atom. The van der Waals surface area contributed by atoms with Gasteiger partial charge in [0, 0.05) is 0 Å². The first-order chi connectivity index (χ1) is 12.9. The highest BCUT2D eigenvalue weighted by Gasteiger charge is 1.83.